The molecule has 0 saturated heterocycles. The summed E-state index contributed by atoms with van der Waals surface area (Å²) in [6.07, 6.45) is 3.02. The lowest BCUT2D eigenvalue weighted by atomic mass is 9.74. The largest absolute Gasteiger partial charge is 0.341 e. The van der Waals surface area contributed by atoms with Crippen molar-refractivity contribution in [3.63, 3.8) is 0 Å². The van der Waals surface area contributed by atoms with Crippen LogP contribution in [0.4, 0.5) is 11.4 Å². The van der Waals surface area contributed by atoms with Crippen LogP contribution >= 0.6 is 0 Å². The van der Waals surface area contributed by atoms with Gasteiger partial charge >= 0.3 is 0 Å². The van der Waals surface area contributed by atoms with Crippen LogP contribution < -0.4 is 4.90 Å². The van der Waals surface area contributed by atoms with E-state index in [1.807, 2.05) is 6.20 Å². The molecule has 1 aliphatic carbocycles. The Labute approximate surface area is 286 Å². The molecular weight excluding hydrogens is 595 g/mol. The third kappa shape index (κ3) is 4.18. The van der Waals surface area contributed by atoms with E-state index in [4.69, 9.17) is 4.98 Å². The Balaban J connectivity index is 1.33. The number of benzene rings is 6. The van der Waals surface area contributed by atoms with Crippen molar-refractivity contribution in [3.8, 4) is 50.3 Å². The standard InChI is InChI=1S/C46H35N3/c1-46(2)24-26-48(30-13-4-3-5-14-30)44-29-39-38-27-31(49-42-20-10-8-17-35(42)36-18-9-11-21-43(36)49)22-23-34(38)32-15-6-7-16-33(32)37-19-12-25-47-45(37)40(39)28-41(44)46/h3-23,25,27-29H,24,26H2,1-2H3. The van der Waals surface area contributed by atoms with Gasteiger partial charge in [0.15, 0.2) is 0 Å². The fraction of sp³-hybridized carbons (Fsp3) is 0.109. The van der Waals surface area contributed by atoms with Gasteiger partial charge in [-0.3, -0.25) is 4.98 Å². The first-order chi connectivity index (χ1) is 24.1. The summed E-state index contributed by atoms with van der Waals surface area (Å²) in [6, 6.07) is 53.6. The average molecular weight is 630 g/mol. The number of nitrogens with zero attached hydrogens (tertiary/aromatic N) is 3. The van der Waals surface area contributed by atoms with E-state index in [-0.39, 0.29) is 5.41 Å². The minimum atomic E-state index is 0.0124. The van der Waals surface area contributed by atoms with Gasteiger partial charge in [0.25, 0.3) is 0 Å². The molecule has 1 aliphatic heterocycles. The van der Waals surface area contributed by atoms with Gasteiger partial charge in [-0.25, -0.2) is 0 Å². The smallest absolute Gasteiger partial charge is 0.0786 e. The number of para-hydroxylation sites is 3. The maximum atomic E-state index is 5.14. The van der Waals surface area contributed by atoms with Crippen molar-refractivity contribution in [1.82, 2.24) is 9.55 Å². The molecule has 0 amide bonds. The minimum Gasteiger partial charge on any atom is -0.341 e. The van der Waals surface area contributed by atoms with Crippen LogP contribution in [0.3, 0.4) is 0 Å². The summed E-state index contributed by atoms with van der Waals surface area (Å²) in [5.41, 5.74) is 17.0. The Hall–Kier alpha value is -5.93. The first kappa shape index (κ1) is 28.1. The predicted molar refractivity (Wildman–Crippen MR) is 205 cm³/mol. The number of hydrogen-bond donors (Lipinski definition) is 0. The maximum absolute atomic E-state index is 5.14. The molecule has 2 aliphatic rings. The monoisotopic (exact) mass is 629 g/mol. The molecule has 49 heavy (non-hydrogen) atoms. The predicted octanol–water partition coefficient (Wildman–Crippen LogP) is 12.0. The Morgan fingerprint density at radius 1 is 0.510 bits per heavy atom. The average Bonchev–Trinajstić information content (AvgIpc) is 3.48. The van der Waals surface area contributed by atoms with E-state index in [0.717, 1.165) is 24.3 Å². The fourth-order valence-corrected chi connectivity index (χ4v) is 8.41. The molecule has 0 unspecified atom stereocenters. The zero-order valence-corrected chi connectivity index (χ0v) is 27.7. The van der Waals surface area contributed by atoms with E-state index in [2.05, 4.69) is 169 Å². The SMILES string of the molecule is CC1(C)CCN(c2ccccc2)c2cc3c(cc21)-c1ncccc1-c1ccccc1-c1ccc(-n2c4ccccc4c4ccccc42)cc1-3. The van der Waals surface area contributed by atoms with Crippen molar-refractivity contribution in [2.75, 3.05) is 11.4 Å². The van der Waals surface area contributed by atoms with Gasteiger partial charge in [0, 0.05) is 51.7 Å². The molecule has 0 fully saturated rings. The van der Waals surface area contributed by atoms with E-state index in [1.165, 1.54) is 77.7 Å². The van der Waals surface area contributed by atoms with Crippen molar-refractivity contribution >= 4 is 33.2 Å². The van der Waals surface area contributed by atoms with Crippen molar-refractivity contribution in [2.45, 2.75) is 25.7 Å². The maximum Gasteiger partial charge on any atom is 0.0786 e. The van der Waals surface area contributed by atoms with Crippen LogP contribution in [-0.4, -0.2) is 16.1 Å². The van der Waals surface area contributed by atoms with Crippen LogP contribution in [0.2, 0.25) is 0 Å². The number of anilines is 2. The molecule has 3 nitrogen and oxygen atoms in total. The number of hydrogen-bond acceptors (Lipinski definition) is 2. The third-order valence-corrected chi connectivity index (χ3v) is 10.9. The van der Waals surface area contributed by atoms with Crippen LogP contribution in [-0.2, 0) is 5.41 Å². The Bertz CT molecular complexity index is 2540. The molecule has 2 aromatic heterocycles. The Morgan fingerprint density at radius 2 is 1.12 bits per heavy atom. The second kappa shape index (κ2) is 10.5. The van der Waals surface area contributed by atoms with Crippen LogP contribution in [0.25, 0.3) is 72.1 Å². The summed E-state index contributed by atoms with van der Waals surface area (Å²) >= 11 is 0. The number of fused-ring (bicyclic) bond motifs is 12. The molecule has 0 radical (unpaired) electrons. The molecule has 0 atom stereocenters. The Kier molecular flexibility index (Phi) is 6.05. The van der Waals surface area contributed by atoms with Crippen molar-refractivity contribution in [1.29, 1.82) is 0 Å². The molecule has 10 rings (SSSR count). The summed E-state index contributed by atoms with van der Waals surface area (Å²) in [5, 5.41) is 2.53. The van der Waals surface area contributed by atoms with Gasteiger partial charge in [-0.2, -0.15) is 0 Å². The first-order valence-electron chi connectivity index (χ1n) is 17.3. The normalized spacial score (nSPS) is 14.3. The lowest BCUT2D eigenvalue weighted by Crippen LogP contribution is -2.34. The third-order valence-electron chi connectivity index (χ3n) is 10.9. The van der Waals surface area contributed by atoms with Gasteiger partial charge in [0.1, 0.15) is 0 Å². The highest BCUT2D eigenvalue weighted by atomic mass is 15.1. The summed E-state index contributed by atoms with van der Waals surface area (Å²) < 4.78 is 2.43. The van der Waals surface area contributed by atoms with Crippen molar-refractivity contribution in [2.24, 2.45) is 0 Å². The highest BCUT2D eigenvalue weighted by Gasteiger charge is 2.35. The quantitative estimate of drug-likeness (QED) is 0.190. The molecule has 0 bridgehead atoms. The van der Waals surface area contributed by atoms with Crippen molar-refractivity contribution in [3.05, 3.63) is 157 Å². The molecule has 0 saturated carbocycles. The van der Waals surface area contributed by atoms with Gasteiger partial charge < -0.3 is 9.47 Å². The van der Waals surface area contributed by atoms with E-state index in [0.29, 0.717) is 0 Å². The molecule has 6 aromatic carbocycles. The highest BCUT2D eigenvalue weighted by Crippen LogP contribution is 2.52. The number of rotatable bonds is 2. The van der Waals surface area contributed by atoms with E-state index in [9.17, 15) is 0 Å². The lowest BCUT2D eigenvalue weighted by molar-refractivity contribution is 0.467. The molecule has 8 aromatic rings. The van der Waals surface area contributed by atoms with Crippen LogP contribution in [0, 0.1) is 0 Å². The highest BCUT2D eigenvalue weighted by molar-refractivity contribution is 6.10. The van der Waals surface area contributed by atoms with E-state index < -0.39 is 0 Å². The molecule has 0 spiro atoms. The van der Waals surface area contributed by atoms with Gasteiger partial charge in [0.2, 0.25) is 0 Å². The van der Waals surface area contributed by atoms with Crippen LogP contribution in [0.1, 0.15) is 25.8 Å². The van der Waals surface area contributed by atoms with Gasteiger partial charge in [-0.1, -0.05) is 105 Å². The zero-order chi connectivity index (χ0) is 32.7. The topological polar surface area (TPSA) is 21.1 Å². The molecule has 234 valence electrons. The summed E-state index contributed by atoms with van der Waals surface area (Å²) in [7, 11) is 0. The van der Waals surface area contributed by atoms with Gasteiger partial charge in [0.05, 0.1) is 16.7 Å². The number of pyridine rings is 1. The lowest BCUT2D eigenvalue weighted by Gasteiger charge is -2.41. The van der Waals surface area contributed by atoms with Crippen LogP contribution in [0.15, 0.2) is 152 Å². The number of aromatic nitrogens is 2. The zero-order valence-electron chi connectivity index (χ0n) is 27.7. The molecule has 3 heteroatoms. The van der Waals surface area contributed by atoms with Crippen LogP contribution in [0.5, 0.6) is 0 Å². The second-order valence-electron chi connectivity index (χ2n) is 14.1. The fourth-order valence-electron chi connectivity index (χ4n) is 8.41. The summed E-state index contributed by atoms with van der Waals surface area (Å²) in [4.78, 5) is 7.66. The molecule has 3 heterocycles. The van der Waals surface area contributed by atoms with E-state index in [1.54, 1.807) is 0 Å². The minimum absolute atomic E-state index is 0.0124. The first-order valence-corrected chi connectivity index (χ1v) is 17.3. The molecule has 0 N–H and O–H groups in total. The Morgan fingerprint density at radius 3 is 1.88 bits per heavy atom. The van der Waals surface area contributed by atoms with Gasteiger partial charge in [-0.15, -0.1) is 0 Å². The summed E-state index contributed by atoms with van der Waals surface area (Å²) in [5.74, 6) is 0. The van der Waals surface area contributed by atoms with Gasteiger partial charge in [-0.05, 0) is 99.8 Å². The van der Waals surface area contributed by atoms with Crippen molar-refractivity contribution < 1.29 is 0 Å². The second-order valence-corrected chi connectivity index (χ2v) is 14.1. The summed E-state index contributed by atoms with van der Waals surface area (Å²) in [6.45, 7) is 5.76. The van der Waals surface area contributed by atoms with E-state index >= 15 is 0 Å². The molecular formula is C46H35N3.